The number of nitrogens with zero attached hydrogens (tertiary/aromatic N) is 4. The summed E-state index contributed by atoms with van der Waals surface area (Å²) in [7, 11) is 3.37. The van der Waals surface area contributed by atoms with Crippen molar-refractivity contribution in [2.24, 2.45) is 7.05 Å². The second kappa shape index (κ2) is 11.6. The Morgan fingerprint density at radius 3 is 2.33 bits per heavy atom. The molecule has 2 amide bonds. The van der Waals surface area contributed by atoms with Crippen LogP contribution in [0.15, 0.2) is 53.2 Å². The standard InChI is InChI=1S/C30H37N5O4/c1-18(2)22(10-11-34(8)17-36)27-31-15-21(16-32-27)26-14-24-23(20(4)33-29(38)39-30(5,6)7)12-19(3)13-25(24)28(37)35(26)9/h10-17,20H,1-9H3,(H,33,38)/b11-10-/t20-/m1/s1. The van der Waals surface area contributed by atoms with Crippen LogP contribution in [0.1, 0.15) is 64.5 Å². The Bertz CT molecular complexity index is 1510. The summed E-state index contributed by atoms with van der Waals surface area (Å²) in [4.78, 5) is 47.4. The lowest BCUT2D eigenvalue weighted by Crippen LogP contribution is -2.34. The highest BCUT2D eigenvalue weighted by molar-refractivity contribution is 5.89. The Kier molecular flexibility index (Phi) is 8.74. The second-order valence-corrected chi connectivity index (χ2v) is 10.9. The summed E-state index contributed by atoms with van der Waals surface area (Å²) >= 11 is 0. The molecule has 39 heavy (non-hydrogen) atoms. The van der Waals surface area contributed by atoms with E-state index >= 15 is 0 Å². The van der Waals surface area contributed by atoms with Crippen LogP contribution < -0.4 is 10.9 Å². The molecule has 3 rings (SSSR count). The van der Waals surface area contributed by atoms with E-state index in [1.54, 1.807) is 43.3 Å². The molecule has 1 N–H and O–H groups in total. The van der Waals surface area contributed by atoms with E-state index in [0.29, 0.717) is 28.9 Å². The Labute approximate surface area is 229 Å². The number of nitrogens with one attached hydrogen (secondary N) is 1. The van der Waals surface area contributed by atoms with E-state index in [0.717, 1.165) is 27.7 Å². The number of amides is 2. The molecule has 3 aromatic rings. The van der Waals surface area contributed by atoms with E-state index in [9.17, 15) is 14.4 Å². The lowest BCUT2D eigenvalue weighted by molar-refractivity contribution is -0.114. The molecule has 0 aliphatic carbocycles. The normalized spacial score (nSPS) is 12.3. The first-order valence-electron chi connectivity index (χ1n) is 12.7. The monoisotopic (exact) mass is 531 g/mol. The van der Waals surface area contributed by atoms with Crippen molar-refractivity contribution in [3.05, 3.63) is 75.7 Å². The van der Waals surface area contributed by atoms with Crippen molar-refractivity contribution in [1.29, 1.82) is 0 Å². The maximum absolute atomic E-state index is 13.5. The molecule has 0 aliphatic heterocycles. The minimum Gasteiger partial charge on any atom is -0.444 e. The van der Waals surface area contributed by atoms with Crippen LogP contribution >= 0.6 is 0 Å². The molecule has 1 aromatic carbocycles. The zero-order valence-corrected chi connectivity index (χ0v) is 24.1. The number of hydrogen-bond acceptors (Lipinski definition) is 6. The van der Waals surface area contributed by atoms with Gasteiger partial charge in [0.05, 0.1) is 11.7 Å². The number of aromatic nitrogens is 3. The van der Waals surface area contributed by atoms with Gasteiger partial charge in [0.25, 0.3) is 5.56 Å². The molecule has 2 heterocycles. The number of carbonyl (C=O) groups is 2. The van der Waals surface area contributed by atoms with E-state index in [1.165, 1.54) is 4.90 Å². The molecule has 0 saturated heterocycles. The lowest BCUT2D eigenvalue weighted by atomic mass is 9.96. The minimum atomic E-state index is -0.626. The van der Waals surface area contributed by atoms with Gasteiger partial charge in [-0.3, -0.25) is 9.59 Å². The Morgan fingerprint density at radius 2 is 1.77 bits per heavy atom. The highest BCUT2D eigenvalue weighted by atomic mass is 16.6. The van der Waals surface area contributed by atoms with Gasteiger partial charge in [0.2, 0.25) is 6.41 Å². The van der Waals surface area contributed by atoms with Gasteiger partial charge >= 0.3 is 6.09 Å². The molecule has 0 radical (unpaired) electrons. The van der Waals surface area contributed by atoms with Crippen LogP contribution in [-0.4, -0.2) is 44.6 Å². The van der Waals surface area contributed by atoms with Gasteiger partial charge in [-0.25, -0.2) is 14.8 Å². The van der Waals surface area contributed by atoms with E-state index < -0.39 is 17.7 Å². The molecule has 206 valence electrons. The van der Waals surface area contributed by atoms with Gasteiger partial charge in [-0.15, -0.1) is 0 Å². The molecule has 0 fully saturated rings. The highest BCUT2D eigenvalue weighted by Gasteiger charge is 2.21. The third-order valence-corrected chi connectivity index (χ3v) is 6.10. The molecule has 0 aliphatic rings. The molecular formula is C30H37N5O4. The van der Waals surface area contributed by atoms with Crippen molar-refractivity contribution in [3.63, 3.8) is 0 Å². The third kappa shape index (κ3) is 6.98. The summed E-state index contributed by atoms with van der Waals surface area (Å²) in [5.74, 6) is 0.506. The molecule has 9 heteroatoms. The van der Waals surface area contributed by atoms with Crippen LogP contribution in [0.2, 0.25) is 0 Å². The number of alkyl carbamates (subject to hydrolysis) is 1. The predicted octanol–water partition coefficient (Wildman–Crippen LogP) is 5.28. The van der Waals surface area contributed by atoms with Gasteiger partial charge in [-0.05, 0) is 83.2 Å². The zero-order valence-electron chi connectivity index (χ0n) is 24.1. The maximum atomic E-state index is 13.5. The molecule has 1 atom stereocenters. The van der Waals surface area contributed by atoms with Crippen molar-refractivity contribution in [1.82, 2.24) is 24.8 Å². The summed E-state index contributed by atoms with van der Waals surface area (Å²) in [6.45, 7) is 13.1. The summed E-state index contributed by atoms with van der Waals surface area (Å²) in [6.07, 6.45) is 6.98. The summed E-state index contributed by atoms with van der Waals surface area (Å²) < 4.78 is 7.01. The van der Waals surface area contributed by atoms with Crippen LogP contribution in [0, 0.1) is 6.92 Å². The number of hydrogen-bond donors (Lipinski definition) is 1. The van der Waals surface area contributed by atoms with Gasteiger partial charge < -0.3 is 19.5 Å². The average molecular weight is 532 g/mol. The van der Waals surface area contributed by atoms with Crippen LogP contribution in [0.4, 0.5) is 4.79 Å². The minimum absolute atomic E-state index is 0.161. The Morgan fingerprint density at radius 1 is 1.13 bits per heavy atom. The van der Waals surface area contributed by atoms with Crippen LogP contribution in [0.3, 0.4) is 0 Å². The molecule has 0 spiro atoms. The fourth-order valence-corrected chi connectivity index (χ4v) is 4.18. The average Bonchev–Trinajstić information content (AvgIpc) is 2.85. The summed E-state index contributed by atoms with van der Waals surface area (Å²) in [6, 6.07) is 5.35. The largest absolute Gasteiger partial charge is 0.444 e. The van der Waals surface area contributed by atoms with E-state index in [4.69, 9.17) is 4.74 Å². The first kappa shape index (κ1) is 29.3. The number of rotatable bonds is 7. The molecule has 9 nitrogen and oxygen atoms in total. The van der Waals surface area contributed by atoms with Crippen LogP contribution in [0.25, 0.3) is 27.6 Å². The second-order valence-electron chi connectivity index (χ2n) is 10.9. The third-order valence-electron chi connectivity index (χ3n) is 6.10. The Hall–Kier alpha value is -4.27. The van der Waals surface area contributed by atoms with Crippen molar-refractivity contribution < 1.29 is 14.3 Å². The molecule has 0 saturated carbocycles. The van der Waals surface area contributed by atoms with E-state index in [1.807, 2.05) is 66.7 Å². The molecular weight excluding hydrogens is 494 g/mol. The van der Waals surface area contributed by atoms with E-state index in [-0.39, 0.29) is 5.56 Å². The number of benzene rings is 1. The van der Waals surface area contributed by atoms with Gasteiger partial charge in [0, 0.05) is 49.2 Å². The molecule has 2 aromatic heterocycles. The maximum Gasteiger partial charge on any atom is 0.408 e. The highest BCUT2D eigenvalue weighted by Crippen LogP contribution is 2.29. The predicted molar refractivity (Wildman–Crippen MR) is 154 cm³/mol. The lowest BCUT2D eigenvalue weighted by Gasteiger charge is -2.23. The Balaban J connectivity index is 2.08. The van der Waals surface area contributed by atoms with Gasteiger partial charge in [-0.2, -0.15) is 0 Å². The number of fused-ring (bicyclic) bond motifs is 1. The quantitative estimate of drug-likeness (QED) is 0.328. The first-order valence-corrected chi connectivity index (χ1v) is 12.7. The van der Waals surface area contributed by atoms with Gasteiger partial charge in [-0.1, -0.05) is 11.6 Å². The van der Waals surface area contributed by atoms with E-state index in [2.05, 4.69) is 15.3 Å². The molecule has 0 bridgehead atoms. The molecule has 0 unspecified atom stereocenters. The first-order chi connectivity index (χ1) is 18.2. The van der Waals surface area contributed by atoms with Crippen molar-refractivity contribution in [2.75, 3.05) is 7.05 Å². The summed E-state index contributed by atoms with van der Waals surface area (Å²) in [5, 5.41) is 4.18. The van der Waals surface area contributed by atoms with Gasteiger partial charge in [0.15, 0.2) is 5.82 Å². The van der Waals surface area contributed by atoms with Crippen molar-refractivity contribution in [2.45, 2.75) is 60.1 Å². The number of aryl methyl sites for hydroxylation is 1. The van der Waals surface area contributed by atoms with Gasteiger partial charge in [0.1, 0.15) is 5.60 Å². The number of pyridine rings is 1. The van der Waals surface area contributed by atoms with Crippen molar-refractivity contribution >= 4 is 28.8 Å². The number of ether oxygens (including phenoxy) is 1. The zero-order chi connectivity index (χ0) is 29.1. The van der Waals surface area contributed by atoms with Crippen LogP contribution in [-0.2, 0) is 16.6 Å². The number of allylic oxidation sites excluding steroid dienone is 3. The smallest absolute Gasteiger partial charge is 0.408 e. The fraction of sp³-hybridized carbons (Fsp3) is 0.367. The van der Waals surface area contributed by atoms with Crippen molar-refractivity contribution in [3.8, 4) is 11.3 Å². The number of carbonyl (C=O) groups excluding carboxylic acids is 2. The topological polar surface area (TPSA) is 106 Å². The fourth-order valence-electron chi connectivity index (χ4n) is 4.18. The SMILES string of the molecule is CC(C)=C(/C=C\N(C)C=O)c1ncc(-c2cc3c([C@@H](C)NC(=O)OC(C)(C)C)cc(C)cc3c(=O)n2C)cn1. The van der Waals surface area contributed by atoms with Crippen LogP contribution in [0.5, 0.6) is 0 Å². The summed E-state index contributed by atoms with van der Waals surface area (Å²) in [5.41, 5.74) is 4.03.